The quantitative estimate of drug-likeness (QED) is 0.651. The molecule has 0 heterocycles. The molecule has 0 aromatic heterocycles. The third kappa shape index (κ3) is 4.23. The molecule has 2 aromatic carbocycles. The second kappa shape index (κ2) is 6.39. The van der Waals surface area contributed by atoms with E-state index in [1.165, 1.54) is 0 Å². The predicted molar refractivity (Wildman–Crippen MR) is 89.4 cm³/mol. The number of carbonyl (C=O) groups excluding carboxylic acids is 1. The molecule has 0 spiro atoms. The molecule has 0 saturated heterocycles. The smallest absolute Gasteiger partial charge is 0.405 e. The van der Waals surface area contributed by atoms with E-state index >= 15 is 0 Å². The van der Waals surface area contributed by atoms with Crippen LogP contribution in [0.15, 0.2) is 48.5 Å². The van der Waals surface area contributed by atoms with E-state index in [1.54, 1.807) is 62.4 Å². The summed E-state index contributed by atoms with van der Waals surface area (Å²) in [6.45, 7) is 3.51. The number of nitrogen functional groups attached to an aromatic ring is 1. The van der Waals surface area contributed by atoms with Crippen molar-refractivity contribution in [3.8, 4) is 0 Å². The van der Waals surface area contributed by atoms with Gasteiger partial charge in [-0.1, -0.05) is 18.2 Å². The van der Waals surface area contributed by atoms with Crippen LogP contribution < -0.4 is 16.4 Å². The zero-order valence-corrected chi connectivity index (χ0v) is 13.0. The number of hydrogen-bond donors (Lipinski definition) is 4. The summed E-state index contributed by atoms with van der Waals surface area (Å²) in [5, 5.41) is 14.0. The molecule has 0 atom stereocenters. The van der Waals surface area contributed by atoms with Crippen molar-refractivity contribution in [1.29, 1.82) is 0 Å². The molecule has 2 amide bonds. The lowest BCUT2D eigenvalue weighted by molar-refractivity contribution is 0.102. The van der Waals surface area contributed by atoms with Crippen LogP contribution in [0.1, 0.15) is 29.8 Å². The fourth-order valence-electron chi connectivity index (χ4n) is 2.20. The van der Waals surface area contributed by atoms with Gasteiger partial charge in [-0.2, -0.15) is 0 Å². The normalized spacial score (nSPS) is 10.9. The van der Waals surface area contributed by atoms with Crippen molar-refractivity contribution in [1.82, 2.24) is 5.32 Å². The maximum atomic E-state index is 12.2. The number of nitrogens with one attached hydrogen (secondary N) is 2. The maximum Gasteiger partial charge on any atom is 0.405 e. The van der Waals surface area contributed by atoms with Crippen molar-refractivity contribution in [2.75, 3.05) is 11.1 Å². The fourth-order valence-corrected chi connectivity index (χ4v) is 2.20. The molecule has 0 aliphatic carbocycles. The molecular weight excluding hydrogens is 294 g/mol. The van der Waals surface area contributed by atoms with Crippen LogP contribution in [0, 0.1) is 0 Å². The summed E-state index contributed by atoms with van der Waals surface area (Å²) in [6.07, 6.45) is -1.10. The van der Waals surface area contributed by atoms with Crippen LogP contribution in [-0.4, -0.2) is 17.1 Å². The van der Waals surface area contributed by atoms with Crippen LogP contribution in [0.4, 0.5) is 16.2 Å². The lowest BCUT2D eigenvalue weighted by Crippen LogP contribution is -2.40. The second-order valence-corrected chi connectivity index (χ2v) is 5.71. The number of benzene rings is 2. The molecule has 6 heteroatoms. The van der Waals surface area contributed by atoms with Crippen molar-refractivity contribution in [3.05, 3.63) is 59.7 Å². The molecule has 5 N–H and O–H groups in total. The van der Waals surface area contributed by atoms with Crippen LogP contribution in [0.5, 0.6) is 0 Å². The molecule has 120 valence electrons. The highest BCUT2D eigenvalue weighted by Gasteiger charge is 2.22. The first kappa shape index (κ1) is 16.4. The minimum absolute atomic E-state index is 0.258. The molecule has 2 aromatic rings. The maximum absolute atomic E-state index is 12.2. The molecule has 23 heavy (non-hydrogen) atoms. The summed E-state index contributed by atoms with van der Waals surface area (Å²) >= 11 is 0. The molecule has 0 bridgehead atoms. The van der Waals surface area contributed by atoms with Gasteiger partial charge in [0.1, 0.15) is 0 Å². The average molecular weight is 313 g/mol. The van der Waals surface area contributed by atoms with Crippen LogP contribution in [0.25, 0.3) is 0 Å². The number of anilines is 2. The van der Waals surface area contributed by atoms with Crippen molar-refractivity contribution >= 4 is 23.4 Å². The number of hydrogen-bond acceptors (Lipinski definition) is 3. The monoisotopic (exact) mass is 313 g/mol. The van der Waals surface area contributed by atoms with E-state index in [-0.39, 0.29) is 5.91 Å². The van der Waals surface area contributed by atoms with Crippen LogP contribution >= 0.6 is 0 Å². The first-order valence-corrected chi connectivity index (χ1v) is 7.06. The minimum Gasteiger partial charge on any atom is -0.465 e. The van der Waals surface area contributed by atoms with Crippen LogP contribution in [-0.2, 0) is 5.54 Å². The average Bonchev–Trinajstić information content (AvgIpc) is 2.46. The Morgan fingerprint density at radius 3 is 2.30 bits per heavy atom. The Morgan fingerprint density at radius 2 is 1.74 bits per heavy atom. The van der Waals surface area contributed by atoms with Crippen LogP contribution in [0.3, 0.4) is 0 Å². The predicted octanol–water partition coefficient (Wildman–Crippen LogP) is 3.02. The molecule has 6 nitrogen and oxygen atoms in total. The Bertz CT molecular complexity index is 724. The number of carbonyl (C=O) groups is 2. The molecule has 0 saturated carbocycles. The van der Waals surface area contributed by atoms with E-state index in [2.05, 4.69) is 10.6 Å². The Labute approximate surface area is 134 Å². The Balaban J connectivity index is 2.13. The molecule has 0 unspecified atom stereocenters. The number of amides is 2. The number of carboxylic acid groups (broad SMARTS) is 1. The molecular formula is C17H19N3O3. The van der Waals surface area contributed by atoms with E-state index in [9.17, 15) is 9.59 Å². The highest BCUT2D eigenvalue weighted by atomic mass is 16.4. The van der Waals surface area contributed by atoms with Crippen molar-refractivity contribution in [2.24, 2.45) is 0 Å². The van der Waals surface area contributed by atoms with Crippen molar-refractivity contribution in [3.63, 3.8) is 0 Å². The highest BCUT2D eigenvalue weighted by Crippen LogP contribution is 2.21. The van der Waals surface area contributed by atoms with Gasteiger partial charge in [0.2, 0.25) is 0 Å². The molecule has 2 rings (SSSR count). The lowest BCUT2D eigenvalue weighted by atomic mass is 9.93. The van der Waals surface area contributed by atoms with E-state index < -0.39 is 11.6 Å². The Hall–Kier alpha value is -3.02. The summed E-state index contributed by atoms with van der Waals surface area (Å²) in [7, 11) is 0. The zero-order chi connectivity index (χ0) is 17.0. The lowest BCUT2D eigenvalue weighted by Gasteiger charge is -2.25. The van der Waals surface area contributed by atoms with Gasteiger partial charge in [-0.05, 0) is 49.7 Å². The zero-order valence-electron chi connectivity index (χ0n) is 13.0. The molecule has 0 radical (unpaired) electrons. The van der Waals surface area contributed by atoms with E-state index in [0.717, 1.165) is 5.56 Å². The second-order valence-electron chi connectivity index (χ2n) is 5.71. The van der Waals surface area contributed by atoms with Gasteiger partial charge in [0, 0.05) is 16.9 Å². The van der Waals surface area contributed by atoms with Gasteiger partial charge in [-0.25, -0.2) is 4.79 Å². The van der Waals surface area contributed by atoms with Gasteiger partial charge in [-0.3, -0.25) is 4.79 Å². The number of nitrogens with two attached hydrogens (primary N) is 1. The van der Waals surface area contributed by atoms with E-state index in [1.807, 2.05) is 0 Å². The van der Waals surface area contributed by atoms with Crippen molar-refractivity contribution in [2.45, 2.75) is 19.4 Å². The number of rotatable bonds is 4. The third-order valence-corrected chi connectivity index (χ3v) is 3.43. The minimum atomic E-state index is -1.10. The van der Waals surface area contributed by atoms with E-state index in [0.29, 0.717) is 16.9 Å². The highest BCUT2D eigenvalue weighted by molar-refractivity contribution is 6.04. The topological polar surface area (TPSA) is 104 Å². The van der Waals surface area contributed by atoms with Gasteiger partial charge >= 0.3 is 6.09 Å². The summed E-state index contributed by atoms with van der Waals surface area (Å²) in [5.41, 5.74) is 7.36. The van der Waals surface area contributed by atoms with Gasteiger partial charge in [0.05, 0.1) is 5.54 Å². The standard InChI is InChI=1S/C17H19N3O3/c1-17(2,20-16(22)23)12-8-6-11(7-9-12)15(21)19-14-5-3-4-13(18)10-14/h3-10,20H,18H2,1-2H3,(H,19,21)(H,22,23). The SMILES string of the molecule is CC(C)(NC(=O)O)c1ccc(C(=O)Nc2cccc(N)c2)cc1. The largest absolute Gasteiger partial charge is 0.465 e. The van der Waals surface area contributed by atoms with Gasteiger partial charge in [-0.15, -0.1) is 0 Å². The molecule has 0 aliphatic heterocycles. The summed E-state index contributed by atoms with van der Waals surface area (Å²) in [6, 6.07) is 13.7. The summed E-state index contributed by atoms with van der Waals surface area (Å²) in [5.74, 6) is -0.258. The van der Waals surface area contributed by atoms with Gasteiger partial charge in [0.15, 0.2) is 0 Å². The molecule has 0 fully saturated rings. The fraction of sp³-hybridized carbons (Fsp3) is 0.176. The molecule has 0 aliphatic rings. The summed E-state index contributed by atoms with van der Waals surface area (Å²) in [4.78, 5) is 23.0. The third-order valence-electron chi connectivity index (χ3n) is 3.43. The Kier molecular flexibility index (Phi) is 4.55. The van der Waals surface area contributed by atoms with Gasteiger partial charge in [0.25, 0.3) is 5.91 Å². The van der Waals surface area contributed by atoms with Crippen molar-refractivity contribution < 1.29 is 14.7 Å². The first-order chi connectivity index (χ1) is 10.8. The van der Waals surface area contributed by atoms with Crippen LogP contribution in [0.2, 0.25) is 0 Å². The summed E-state index contributed by atoms with van der Waals surface area (Å²) < 4.78 is 0. The van der Waals surface area contributed by atoms with Gasteiger partial charge < -0.3 is 21.5 Å². The Morgan fingerprint density at radius 1 is 1.09 bits per heavy atom. The van der Waals surface area contributed by atoms with E-state index in [4.69, 9.17) is 10.8 Å². The first-order valence-electron chi connectivity index (χ1n) is 7.06.